The average Bonchev–Trinajstić information content (AvgIpc) is 3.04. The van der Waals surface area contributed by atoms with Crippen LogP contribution in [0.1, 0.15) is 50.4 Å². The summed E-state index contributed by atoms with van der Waals surface area (Å²) in [6.07, 6.45) is 0. The molecule has 0 bridgehead atoms. The number of H-pyrrole nitrogens is 1. The van der Waals surface area contributed by atoms with Crippen LogP contribution in [0, 0.1) is 11.3 Å². The molecule has 0 radical (unpaired) electrons. The first-order valence-electron chi connectivity index (χ1n) is 8.78. The number of benzene rings is 1. The number of nitrogens with two attached hydrogens (primary N) is 1. The fraction of sp³-hybridized carbons (Fsp3) is 0.400. The molecule has 142 valence electrons. The first kappa shape index (κ1) is 18.6. The Balaban J connectivity index is 2.24. The Morgan fingerprint density at radius 1 is 1.33 bits per heavy atom. The van der Waals surface area contributed by atoms with Gasteiger partial charge in [0, 0.05) is 11.1 Å². The molecule has 0 amide bonds. The summed E-state index contributed by atoms with van der Waals surface area (Å²) < 4.78 is 16.7. The third kappa shape index (κ3) is 3.19. The maximum atomic E-state index is 9.77. The van der Waals surface area contributed by atoms with Crippen LogP contribution in [0.15, 0.2) is 29.7 Å². The second kappa shape index (κ2) is 6.88. The van der Waals surface area contributed by atoms with Crippen LogP contribution in [0.2, 0.25) is 0 Å². The fourth-order valence-electron chi connectivity index (χ4n) is 3.29. The number of aromatic nitrogens is 2. The lowest BCUT2D eigenvalue weighted by atomic mass is 9.79. The van der Waals surface area contributed by atoms with Crippen molar-refractivity contribution >= 4 is 0 Å². The highest BCUT2D eigenvalue weighted by Crippen LogP contribution is 2.46. The van der Waals surface area contributed by atoms with Gasteiger partial charge in [-0.15, -0.1) is 5.10 Å². The number of ether oxygens (including phenoxy) is 3. The van der Waals surface area contributed by atoms with E-state index in [0.29, 0.717) is 29.6 Å². The molecule has 0 spiro atoms. The van der Waals surface area contributed by atoms with Crippen molar-refractivity contribution in [3.8, 4) is 23.4 Å². The minimum Gasteiger partial charge on any atom is -0.493 e. The maximum absolute atomic E-state index is 9.77. The van der Waals surface area contributed by atoms with Crippen molar-refractivity contribution in [1.29, 1.82) is 5.26 Å². The molecule has 3 rings (SSSR count). The summed E-state index contributed by atoms with van der Waals surface area (Å²) in [5, 5.41) is 17.1. The summed E-state index contributed by atoms with van der Waals surface area (Å²) in [7, 11) is 1.59. The highest BCUT2D eigenvalue weighted by atomic mass is 16.5. The predicted molar refractivity (Wildman–Crippen MR) is 101 cm³/mol. The van der Waals surface area contributed by atoms with E-state index in [0.717, 1.165) is 16.8 Å². The van der Waals surface area contributed by atoms with Crippen LogP contribution in [0.25, 0.3) is 0 Å². The van der Waals surface area contributed by atoms with E-state index in [9.17, 15) is 5.26 Å². The lowest BCUT2D eigenvalue weighted by molar-refractivity contribution is 0.310. The van der Waals surface area contributed by atoms with Crippen LogP contribution in [0.3, 0.4) is 0 Å². The third-order valence-electron chi connectivity index (χ3n) is 4.51. The fourth-order valence-corrected chi connectivity index (χ4v) is 3.29. The number of rotatable bonds is 4. The highest BCUT2D eigenvalue weighted by molar-refractivity contribution is 5.58. The minimum atomic E-state index is -0.406. The lowest BCUT2D eigenvalue weighted by Gasteiger charge is -2.27. The first-order chi connectivity index (χ1) is 12.8. The predicted octanol–water partition coefficient (Wildman–Crippen LogP) is 3.33. The van der Waals surface area contributed by atoms with Crippen LogP contribution in [0.5, 0.6) is 17.4 Å². The number of aromatic amines is 1. The van der Waals surface area contributed by atoms with Crippen molar-refractivity contribution in [2.45, 2.75) is 39.0 Å². The van der Waals surface area contributed by atoms with E-state index in [-0.39, 0.29) is 11.3 Å². The van der Waals surface area contributed by atoms with E-state index in [2.05, 4.69) is 37.0 Å². The summed E-state index contributed by atoms with van der Waals surface area (Å²) in [5.74, 6) is 1.30. The Morgan fingerprint density at radius 2 is 2.07 bits per heavy atom. The molecule has 2 heterocycles. The van der Waals surface area contributed by atoms with Crippen molar-refractivity contribution in [2.75, 3.05) is 13.7 Å². The summed E-state index contributed by atoms with van der Waals surface area (Å²) in [6, 6.07) is 7.83. The Hall–Kier alpha value is -3.14. The molecule has 3 N–H and O–H groups in total. The lowest BCUT2D eigenvalue weighted by Crippen LogP contribution is -2.24. The number of nitrogens with one attached hydrogen (secondary N) is 1. The molecule has 7 nitrogen and oxygen atoms in total. The molecule has 1 atom stereocenters. The molecule has 0 unspecified atom stereocenters. The van der Waals surface area contributed by atoms with Gasteiger partial charge >= 0.3 is 0 Å². The maximum Gasteiger partial charge on any atom is 0.244 e. The van der Waals surface area contributed by atoms with Crippen molar-refractivity contribution in [2.24, 2.45) is 5.73 Å². The molecule has 1 aliphatic rings. The number of methoxy groups -OCH3 is 1. The summed E-state index contributed by atoms with van der Waals surface area (Å²) in [6.45, 7) is 8.63. The zero-order valence-electron chi connectivity index (χ0n) is 16.2. The van der Waals surface area contributed by atoms with Gasteiger partial charge in [0.1, 0.15) is 11.6 Å². The highest BCUT2D eigenvalue weighted by Gasteiger charge is 2.38. The van der Waals surface area contributed by atoms with Crippen LogP contribution in [-0.2, 0) is 5.41 Å². The SMILES string of the molecule is CCOc1cc([C@H]2C(C#N)=C(N)Oc3n[nH]c(C(C)(C)C)c32)ccc1OC. The molecule has 1 aliphatic heterocycles. The molecule has 1 aromatic heterocycles. The van der Waals surface area contributed by atoms with Gasteiger partial charge < -0.3 is 19.9 Å². The number of hydrogen-bond acceptors (Lipinski definition) is 6. The van der Waals surface area contributed by atoms with Gasteiger partial charge in [0.2, 0.25) is 11.8 Å². The van der Waals surface area contributed by atoms with Gasteiger partial charge in [0.25, 0.3) is 0 Å². The van der Waals surface area contributed by atoms with Crippen LogP contribution in [-0.4, -0.2) is 23.9 Å². The summed E-state index contributed by atoms with van der Waals surface area (Å²) >= 11 is 0. The quantitative estimate of drug-likeness (QED) is 0.857. The molecule has 0 fully saturated rings. The second-order valence-corrected chi connectivity index (χ2v) is 7.34. The normalized spacial score (nSPS) is 16.4. The average molecular weight is 368 g/mol. The molecular formula is C20H24N4O3. The van der Waals surface area contributed by atoms with Crippen LogP contribution in [0.4, 0.5) is 0 Å². The zero-order chi connectivity index (χ0) is 19.8. The Labute approximate surface area is 158 Å². The molecular weight excluding hydrogens is 344 g/mol. The smallest absolute Gasteiger partial charge is 0.244 e. The van der Waals surface area contributed by atoms with Crippen molar-refractivity contribution in [1.82, 2.24) is 10.2 Å². The van der Waals surface area contributed by atoms with Crippen molar-refractivity contribution in [3.05, 3.63) is 46.5 Å². The van der Waals surface area contributed by atoms with Gasteiger partial charge in [-0.1, -0.05) is 26.8 Å². The second-order valence-electron chi connectivity index (χ2n) is 7.34. The third-order valence-corrected chi connectivity index (χ3v) is 4.51. The number of nitrogens with zero attached hydrogens (tertiary/aromatic N) is 2. The molecule has 0 saturated heterocycles. The Morgan fingerprint density at radius 3 is 2.67 bits per heavy atom. The van der Waals surface area contributed by atoms with E-state index in [1.165, 1.54) is 0 Å². The zero-order valence-corrected chi connectivity index (χ0v) is 16.2. The number of hydrogen-bond donors (Lipinski definition) is 2. The van der Waals surface area contributed by atoms with Gasteiger partial charge in [0.15, 0.2) is 11.5 Å². The molecule has 2 aromatic rings. The van der Waals surface area contributed by atoms with Gasteiger partial charge in [-0.05, 0) is 24.6 Å². The van der Waals surface area contributed by atoms with Gasteiger partial charge in [-0.2, -0.15) is 5.26 Å². The minimum absolute atomic E-state index is 0.0655. The number of allylic oxidation sites excluding steroid dienone is 1. The van der Waals surface area contributed by atoms with Crippen molar-refractivity contribution in [3.63, 3.8) is 0 Å². The number of nitriles is 1. The Bertz CT molecular complexity index is 932. The molecule has 0 saturated carbocycles. The van der Waals surface area contributed by atoms with E-state index in [1.54, 1.807) is 7.11 Å². The van der Waals surface area contributed by atoms with Gasteiger partial charge in [-0.25, -0.2) is 0 Å². The molecule has 1 aromatic carbocycles. The van der Waals surface area contributed by atoms with E-state index in [1.807, 2.05) is 25.1 Å². The number of fused-ring (bicyclic) bond motifs is 1. The van der Waals surface area contributed by atoms with E-state index >= 15 is 0 Å². The van der Waals surface area contributed by atoms with Crippen molar-refractivity contribution < 1.29 is 14.2 Å². The molecule has 27 heavy (non-hydrogen) atoms. The summed E-state index contributed by atoms with van der Waals surface area (Å²) in [5.41, 5.74) is 8.74. The monoisotopic (exact) mass is 368 g/mol. The standard InChI is InChI=1S/C20H24N4O3/c1-6-26-14-9-11(7-8-13(14)25-5)15-12(10-21)18(22)27-19-16(15)17(23-24-19)20(2,3)4/h7-9,15H,6,22H2,1-5H3,(H,23,24)/t15-/m0/s1. The Kier molecular flexibility index (Phi) is 4.75. The topological polar surface area (TPSA) is 106 Å². The molecule has 0 aliphatic carbocycles. The first-order valence-corrected chi connectivity index (χ1v) is 8.78. The largest absolute Gasteiger partial charge is 0.493 e. The molecule has 7 heteroatoms. The summed E-state index contributed by atoms with van der Waals surface area (Å²) in [4.78, 5) is 0. The van der Waals surface area contributed by atoms with Gasteiger partial charge in [-0.3, -0.25) is 5.10 Å². The van der Waals surface area contributed by atoms with Crippen LogP contribution < -0.4 is 19.9 Å². The van der Waals surface area contributed by atoms with E-state index < -0.39 is 5.92 Å². The van der Waals surface area contributed by atoms with E-state index in [4.69, 9.17) is 19.9 Å². The van der Waals surface area contributed by atoms with Crippen LogP contribution >= 0.6 is 0 Å². The van der Waals surface area contributed by atoms with Gasteiger partial charge in [0.05, 0.1) is 25.2 Å².